The third-order valence-electron chi connectivity index (χ3n) is 3.94. The van der Waals surface area contributed by atoms with E-state index < -0.39 is 5.54 Å². The van der Waals surface area contributed by atoms with Gasteiger partial charge in [-0.1, -0.05) is 0 Å². The average molecular weight is 282 g/mol. The quantitative estimate of drug-likeness (QED) is 0.695. The fourth-order valence-corrected chi connectivity index (χ4v) is 2.94. The molecule has 1 fully saturated rings. The van der Waals surface area contributed by atoms with Crippen LogP contribution in [0.1, 0.15) is 59.3 Å². The minimum Gasteiger partial charge on any atom is -0.381 e. The number of rotatable bonds is 8. The van der Waals surface area contributed by atoms with E-state index >= 15 is 0 Å². The van der Waals surface area contributed by atoms with Crippen LogP contribution in [0.25, 0.3) is 0 Å². The first-order chi connectivity index (χ1) is 9.49. The van der Waals surface area contributed by atoms with E-state index in [0.717, 1.165) is 38.7 Å². The van der Waals surface area contributed by atoms with Gasteiger partial charge in [-0.25, -0.2) is 0 Å². The minimum absolute atomic E-state index is 0.321. The molecule has 0 aromatic carbocycles. The Balaban J connectivity index is 2.22. The lowest BCUT2D eigenvalue weighted by atomic mass is 9.94. The van der Waals surface area contributed by atoms with Gasteiger partial charge in [-0.3, -0.25) is 5.32 Å². The Kier molecular flexibility index (Phi) is 7.50. The van der Waals surface area contributed by atoms with Gasteiger partial charge in [0.15, 0.2) is 0 Å². The van der Waals surface area contributed by atoms with Crippen molar-refractivity contribution < 1.29 is 9.47 Å². The summed E-state index contributed by atoms with van der Waals surface area (Å²) in [4.78, 5) is 0. The highest BCUT2D eigenvalue weighted by molar-refractivity contribution is 5.04. The van der Waals surface area contributed by atoms with E-state index in [2.05, 4.69) is 25.2 Å². The summed E-state index contributed by atoms with van der Waals surface area (Å²) in [7, 11) is 1.78. The van der Waals surface area contributed by atoms with Gasteiger partial charge in [-0.05, 0) is 59.3 Å². The standard InChI is InChI=1S/C16H30N2O2/c1-13(2)18-16(3,12-17)9-6-10-20-15-8-5-7-14(11-15)19-4/h13-15,18H,5-11H2,1-4H3. The molecule has 0 aromatic heterocycles. The number of hydrogen-bond acceptors (Lipinski definition) is 4. The van der Waals surface area contributed by atoms with Crippen molar-refractivity contribution in [2.75, 3.05) is 13.7 Å². The molecule has 0 aliphatic heterocycles. The summed E-state index contributed by atoms with van der Waals surface area (Å²) in [6.07, 6.45) is 6.92. The number of nitrogens with zero attached hydrogens (tertiary/aromatic N) is 1. The molecule has 4 nitrogen and oxygen atoms in total. The second-order valence-electron chi connectivity index (χ2n) is 6.36. The normalized spacial score (nSPS) is 26.2. The molecule has 0 aromatic rings. The van der Waals surface area contributed by atoms with E-state index in [9.17, 15) is 5.26 Å². The maximum Gasteiger partial charge on any atom is 0.104 e. The summed E-state index contributed by atoms with van der Waals surface area (Å²) in [5.74, 6) is 0. The fraction of sp³-hybridized carbons (Fsp3) is 0.938. The van der Waals surface area contributed by atoms with Gasteiger partial charge in [0.25, 0.3) is 0 Å². The predicted molar refractivity (Wildman–Crippen MR) is 80.5 cm³/mol. The molecule has 3 atom stereocenters. The van der Waals surface area contributed by atoms with Crippen LogP contribution in [0.5, 0.6) is 0 Å². The van der Waals surface area contributed by atoms with Gasteiger partial charge < -0.3 is 9.47 Å². The molecule has 1 N–H and O–H groups in total. The lowest BCUT2D eigenvalue weighted by Crippen LogP contribution is -2.45. The van der Waals surface area contributed by atoms with Gasteiger partial charge in [-0.2, -0.15) is 5.26 Å². The molecule has 0 radical (unpaired) electrons. The molecule has 1 aliphatic carbocycles. The fourth-order valence-electron chi connectivity index (χ4n) is 2.94. The molecule has 3 unspecified atom stereocenters. The minimum atomic E-state index is -0.445. The number of nitrogens with one attached hydrogen (secondary N) is 1. The third-order valence-corrected chi connectivity index (χ3v) is 3.94. The summed E-state index contributed by atoms with van der Waals surface area (Å²) in [6, 6.07) is 2.70. The Morgan fingerprint density at radius 2 is 2.05 bits per heavy atom. The smallest absolute Gasteiger partial charge is 0.104 e. The van der Waals surface area contributed by atoms with Crippen LogP contribution in [-0.4, -0.2) is 37.5 Å². The van der Waals surface area contributed by atoms with Crippen LogP contribution in [-0.2, 0) is 9.47 Å². The first-order valence-corrected chi connectivity index (χ1v) is 7.82. The maximum atomic E-state index is 9.28. The van der Waals surface area contributed by atoms with Crippen molar-refractivity contribution in [2.45, 2.75) is 83.1 Å². The van der Waals surface area contributed by atoms with Crippen molar-refractivity contribution in [3.63, 3.8) is 0 Å². The molecule has 116 valence electrons. The van der Waals surface area contributed by atoms with Crippen molar-refractivity contribution in [3.05, 3.63) is 0 Å². The van der Waals surface area contributed by atoms with Gasteiger partial charge >= 0.3 is 0 Å². The van der Waals surface area contributed by atoms with Crippen molar-refractivity contribution in [3.8, 4) is 6.07 Å². The topological polar surface area (TPSA) is 54.3 Å². The van der Waals surface area contributed by atoms with E-state index in [4.69, 9.17) is 9.47 Å². The zero-order valence-electron chi connectivity index (χ0n) is 13.4. The van der Waals surface area contributed by atoms with E-state index in [1.165, 1.54) is 6.42 Å². The Bertz CT molecular complexity index is 314. The van der Waals surface area contributed by atoms with Gasteiger partial charge in [0, 0.05) is 19.8 Å². The molecule has 20 heavy (non-hydrogen) atoms. The van der Waals surface area contributed by atoms with Crippen LogP contribution in [0.4, 0.5) is 0 Å². The molecular formula is C16H30N2O2. The Hall–Kier alpha value is -0.630. The molecule has 1 rings (SSSR count). The van der Waals surface area contributed by atoms with Crippen LogP contribution in [0.3, 0.4) is 0 Å². The van der Waals surface area contributed by atoms with Gasteiger partial charge in [0.05, 0.1) is 18.3 Å². The Morgan fingerprint density at radius 3 is 2.65 bits per heavy atom. The predicted octanol–water partition coefficient (Wildman–Crippen LogP) is 3.02. The number of methoxy groups -OCH3 is 1. The molecule has 0 saturated heterocycles. The van der Waals surface area contributed by atoms with Crippen molar-refractivity contribution in [1.82, 2.24) is 5.32 Å². The lowest BCUT2D eigenvalue weighted by Gasteiger charge is -2.29. The molecular weight excluding hydrogens is 252 g/mol. The van der Waals surface area contributed by atoms with Crippen molar-refractivity contribution in [2.24, 2.45) is 0 Å². The molecule has 0 heterocycles. The summed E-state index contributed by atoms with van der Waals surface area (Å²) < 4.78 is 11.4. The van der Waals surface area contributed by atoms with E-state index in [0.29, 0.717) is 18.2 Å². The van der Waals surface area contributed by atoms with Crippen LogP contribution in [0.2, 0.25) is 0 Å². The Morgan fingerprint density at radius 1 is 1.35 bits per heavy atom. The molecule has 0 bridgehead atoms. The van der Waals surface area contributed by atoms with Crippen LogP contribution in [0.15, 0.2) is 0 Å². The maximum absolute atomic E-state index is 9.28. The second-order valence-corrected chi connectivity index (χ2v) is 6.36. The average Bonchev–Trinajstić information content (AvgIpc) is 2.43. The highest BCUT2D eigenvalue weighted by Gasteiger charge is 2.25. The largest absolute Gasteiger partial charge is 0.381 e. The number of ether oxygens (including phenoxy) is 2. The van der Waals surface area contributed by atoms with Crippen molar-refractivity contribution >= 4 is 0 Å². The Labute approximate surface area is 123 Å². The molecule has 0 amide bonds. The third kappa shape index (κ3) is 6.21. The zero-order valence-corrected chi connectivity index (χ0v) is 13.4. The highest BCUT2D eigenvalue weighted by Crippen LogP contribution is 2.23. The summed E-state index contributed by atoms with van der Waals surface area (Å²) in [6.45, 7) is 6.84. The van der Waals surface area contributed by atoms with Gasteiger partial charge in [-0.15, -0.1) is 0 Å². The van der Waals surface area contributed by atoms with Crippen LogP contribution in [0, 0.1) is 11.3 Å². The van der Waals surface area contributed by atoms with Crippen molar-refractivity contribution in [1.29, 1.82) is 5.26 Å². The summed E-state index contributed by atoms with van der Waals surface area (Å²) in [5.41, 5.74) is -0.445. The first-order valence-electron chi connectivity index (χ1n) is 7.82. The van der Waals surface area contributed by atoms with E-state index in [-0.39, 0.29) is 0 Å². The van der Waals surface area contributed by atoms with Crippen LogP contribution < -0.4 is 5.32 Å². The van der Waals surface area contributed by atoms with Gasteiger partial charge in [0.2, 0.25) is 0 Å². The highest BCUT2D eigenvalue weighted by atomic mass is 16.5. The van der Waals surface area contributed by atoms with E-state index in [1.807, 2.05) is 6.92 Å². The monoisotopic (exact) mass is 282 g/mol. The molecule has 0 spiro atoms. The SMILES string of the molecule is COC1CCCC(OCCCC(C)(C#N)NC(C)C)C1. The van der Waals surface area contributed by atoms with Gasteiger partial charge in [0.1, 0.15) is 5.54 Å². The van der Waals surface area contributed by atoms with Crippen LogP contribution >= 0.6 is 0 Å². The number of nitriles is 1. The van der Waals surface area contributed by atoms with E-state index in [1.54, 1.807) is 7.11 Å². The zero-order chi connectivity index (χ0) is 15.0. The molecule has 4 heteroatoms. The molecule has 1 aliphatic rings. The molecule has 1 saturated carbocycles. The second kappa shape index (κ2) is 8.61. The number of hydrogen-bond donors (Lipinski definition) is 1. The lowest BCUT2D eigenvalue weighted by molar-refractivity contribution is -0.0309. The summed E-state index contributed by atoms with van der Waals surface area (Å²) >= 11 is 0. The first kappa shape index (κ1) is 17.4. The summed E-state index contributed by atoms with van der Waals surface area (Å²) in [5, 5.41) is 12.6.